The van der Waals surface area contributed by atoms with Gasteiger partial charge in [-0.1, -0.05) is 18.7 Å². The quantitative estimate of drug-likeness (QED) is 0.659. The average molecular weight is 426 g/mol. The van der Waals surface area contributed by atoms with Crippen molar-refractivity contribution in [1.82, 2.24) is 10.3 Å². The molecule has 1 fully saturated rings. The van der Waals surface area contributed by atoms with Crippen molar-refractivity contribution < 1.29 is 4.79 Å². The molecule has 1 amide bonds. The van der Waals surface area contributed by atoms with E-state index >= 15 is 0 Å². The Kier molecular flexibility index (Phi) is 8.61. The van der Waals surface area contributed by atoms with Crippen LogP contribution in [0.15, 0.2) is 32.8 Å². The second-order valence-corrected chi connectivity index (χ2v) is 9.33. The van der Waals surface area contributed by atoms with Gasteiger partial charge in [-0.2, -0.15) is 0 Å². The molecular formula is C20H28ClN3OS2. The van der Waals surface area contributed by atoms with Crippen molar-refractivity contribution in [3.63, 3.8) is 0 Å². The number of thiazole rings is 1. The highest BCUT2D eigenvalue weighted by molar-refractivity contribution is 8.01. The van der Waals surface area contributed by atoms with E-state index in [2.05, 4.69) is 40.1 Å². The van der Waals surface area contributed by atoms with E-state index in [1.807, 2.05) is 19.9 Å². The first kappa shape index (κ1) is 22.2. The molecule has 27 heavy (non-hydrogen) atoms. The first-order valence-corrected chi connectivity index (χ1v) is 10.9. The number of benzene rings is 1. The second-order valence-electron chi connectivity index (χ2n) is 7.15. The maximum atomic E-state index is 12.5. The maximum Gasteiger partial charge on any atom is 0.224 e. The van der Waals surface area contributed by atoms with Gasteiger partial charge in [0.15, 0.2) is 4.34 Å². The van der Waals surface area contributed by atoms with Gasteiger partial charge in [0, 0.05) is 28.1 Å². The van der Waals surface area contributed by atoms with E-state index in [0.29, 0.717) is 18.3 Å². The van der Waals surface area contributed by atoms with E-state index in [-0.39, 0.29) is 18.3 Å². The van der Waals surface area contributed by atoms with E-state index in [1.54, 1.807) is 23.1 Å². The summed E-state index contributed by atoms with van der Waals surface area (Å²) in [6.45, 7) is 8.41. The number of piperidine rings is 1. The first-order valence-electron chi connectivity index (χ1n) is 9.22. The van der Waals surface area contributed by atoms with Crippen LogP contribution in [0.4, 0.5) is 5.69 Å². The van der Waals surface area contributed by atoms with Gasteiger partial charge in [0.05, 0.1) is 0 Å². The van der Waals surface area contributed by atoms with Gasteiger partial charge in [-0.25, -0.2) is 4.98 Å². The Bertz CT molecular complexity index is 759. The lowest BCUT2D eigenvalue weighted by Gasteiger charge is -2.28. The van der Waals surface area contributed by atoms with Crippen LogP contribution in [0.25, 0.3) is 0 Å². The Morgan fingerprint density at radius 3 is 2.74 bits per heavy atom. The number of halogens is 1. The highest BCUT2D eigenvalue weighted by Crippen LogP contribution is 2.32. The fourth-order valence-electron chi connectivity index (χ4n) is 3.39. The SMILES string of the molecule is Cc1csc(Sc2ccc(NC(=O)CC(C)C3CCNCC3)c(C)c2)n1.Cl. The number of hydrogen-bond donors (Lipinski definition) is 2. The molecule has 7 heteroatoms. The van der Waals surface area contributed by atoms with Crippen molar-refractivity contribution in [1.29, 1.82) is 0 Å². The van der Waals surface area contributed by atoms with Crippen LogP contribution in [0, 0.1) is 25.7 Å². The van der Waals surface area contributed by atoms with E-state index in [9.17, 15) is 4.79 Å². The van der Waals surface area contributed by atoms with Crippen LogP contribution < -0.4 is 10.6 Å². The molecule has 148 valence electrons. The lowest BCUT2D eigenvalue weighted by molar-refractivity contribution is -0.117. The van der Waals surface area contributed by atoms with Crippen molar-refractivity contribution >= 4 is 47.1 Å². The van der Waals surface area contributed by atoms with Crippen LogP contribution in [0.3, 0.4) is 0 Å². The molecule has 2 N–H and O–H groups in total. The molecule has 1 unspecified atom stereocenters. The third kappa shape index (κ3) is 6.49. The molecule has 4 nitrogen and oxygen atoms in total. The largest absolute Gasteiger partial charge is 0.326 e. The highest BCUT2D eigenvalue weighted by atomic mass is 35.5. The summed E-state index contributed by atoms with van der Waals surface area (Å²) in [5, 5.41) is 8.55. The minimum Gasteiger partial charge on any atom is -0.326 e. The van der Waals surface area contributed by atoms with Gasteiger partial charge >= 0.3 is 0 Å². The van der Waals surface area contributed by atoms with Crippen LogP contribution >= 0.6 is 35.5 Å². The zero-order valence-electron chi connectivity index (χ0n) is 16.1. The highest BCUT2D eigenvalue weighted by Gasteiger charge is 2.22. The summed E-state index contributed by atoms with van der Waals surface area (Å²) in [5.41, 5.74) is 3.05. The zero-order chi connectivity index (χ0) is 18.5. The molecule has 1 aliphatic heterocycles. The van der Waals surface area contributed by atoms with Crippen LogP contribution in [0.5, 0.6) is 0 Å². The smallest absolute Gasteiger partial charge is 0.224 e. The number of carbonyl (C=O) groups is 1. The number of nitrogens with one attached hydrogen (secondary N) is 2. The number of hydrogen-bond acceptors (Lipinski definition) is 5. The topological polar surface area (TPSA) is 54.0 Å². The number of aromatic nitrogens is 1. The average Bonchev–Trinajstić information content (AvgIpc) is 3.03. The van der Waals surface area contributed by atoms with Crippen LogP contribution in [-0.4, -0.2) is 24.0 Å². The monoisotopic (exact) mass is 425 g/mol. The summed E-state index contributed by atoms with van der Waals surface area (Å²) in [6, 6.07) is 6.18. The molecule has 1 aromatic heterocycles. The van der Waals surface area contributed by atoms with Crippen molar-refractivity contribution in [2.75, 3.05) is 18.4 Å². The van der Waals surface area contributed by atoms with E-state index < -0.39 is 0 Å². The lowest BCUT2D eigenvalue weighted by Crippen LogP contribution is -2.32. The Morgan fingerprint density at radius 2 is 2.11 bits per heavy atom. The summed E-state index contributed by atoms with van der Waals surface area (Å²) in [7, 11) is 0. The summed E-state index contributed by atoms with van der Waals surface area (Å²) < 4.78 is 1.05. The predicted molar refractivity (Wildman–Crippen MR) is 117 cm³/mol. The van der Waals surface area contributed by atoms with Gasteiger partial charge in [0.2, 0.25) is 5.91 Å². The third-order valence-electron chi connectivity index (χ3n) is 4.97. The maximum absolute atomic E-state index is 12.5. The summed E-state index contributed by atoms with van der Waals surface area (Å²) >= 11 is 3.33. The molecule has 0 radical (unpaired) electrons. The summed E-state index contributed by atoms with van der Waals surface area (Å²) in [4.78, 5) is 18.1. The molecule has 1 saturated heterocycles. The second kappa shape index (κ2) is 10.5. The van der Waals surface area contributed by atoms with Gasteiger partial charge in [-0.05, 0) is 75.4 Å². The molecule has 0 bridgehead atoms. The number of carbonyl (C=O) groups excluding carboxylic acids is 1. The number of nitrogens with zero attached hydrogens (tertiary/aromatic N) is 1. The van der Waals surface area contributed by atoms with Crippen LogP contribution in [0.1, 0.15) is 37.4 Å². The normalized spacial score (nSPS) is 15.8. The fraction of sp³-hybridized carbons (Fsp3) is 0.500. The van der Waals surface area contributed by atoms with E-state index in [4.69, 9.17) is 0 Å². The Labute approximate surface area is 176 Å². The molecule has 2 heterocycles. The molecule has 0 saturated carbocycles. The van der Waals surface area contributed by atoms with Crippen LogP contribution in [0.2, 0.25) is 0 Å². The Hall–Kier alpha value is -1.08. The first-order chi connectivity index (χ1) is 12.5. The minimum absolute atomic E-state index is 0. The standard InChI is InChI=1S/C20H27N3OS2.ClH/c1-13(16-6-8-21-9-7-16)11-19(24)23-18-5-4-17(10-14(18)2)26-20-22-15(3)12-25-20;/h4-5,10,12-13,16,21H,6-9,11H2,1-3H3,(H,23,24);1H. The number of amides is 1. The third-order valence-corrected chi connectivity index (χ3v) is 7.02. The summed E-state index contributed by atoms with van der Waals surface area (Å²) in [6.07, 6.45) is 2.95. The molecule has 0 aliphatic carbocycles. The van der Waals surface area contributed by atoms with E-state index in [1.165, 1.54) is 12.8 Å². The fourth-order valence-corrected chi connectivity index (χ4v) is 5.30. The molecular weight excluding hydrogens is 398 g/mol. The van der Waals surface area contributed by atoms with Crippen molar-refractivity contribution in [3.8, 4) is 0 Å². The Balaban J connectivity index is 0.00000261. The van der Waals surface area contributed by atoms with Gasteiger partial charge in [-0.15, -0.1) is 23.7 Å². The number of rotatable bonds is 6. The zero-order valence-corrected chi connectivity index (χ0v) is 18.5. The number of anilines is 1. The van der Waals surface area contributed by atoms with Crippen molar-refractivity contribution in [3.05, 3.63) is 34.8 Å². The van der Waals surface area contributed by atoms with Gasteiger partial charge < -0.3 is 10.6 Å². The summed E-state index contributed by atoms with van der Waals surface area (Å²) in [5.74, 6) is 1.21. The van der Waals surface area contributed by atoms with Gasteiger partial charge in [0.1, 0.15) is 0 Å². The van der Waals surface area contributed by atoms with Crippen molar-refractivity contribution in [2.45, 2.75) is 49.3 Å². The Morgan fingerprint density at radius 1 is 1.37 bits per heavy atom. The lowest BCUT2D eigenvalue weighted by atomic mass is 9.84. The molecule has 1 aliphatic rings. The van der Waals surface area contributed by atoms with Crippen molar-refractivity contribution in [2.24, 2.45) is 11.8 Å². The number of aryl methyl sites for hydroxylation is 2. The van der Waals surface area contributed by atoms with Gasteiger partial charge in [-0.3, -0.25) is 4.79 Å². The molecule has 1 aromatic carbocycles. The minimum atomic E-state index is 0. The van der Waals surface area contributed by atoms with Gasteiger partial charge in [0.25, 0.3) is 0 Å². The molecule has 3 rings (SSSR count). The molecule has 2 aromatic rings. The molecule has 1 atom stereocenters. The molecule has 0 spiro atoms. The van der Waals surface area contributed by atoms with E-state index in [0.717, 1.165) is 39.3 Å². The predicted octanol–water partition coefficient (Wildman–Crippen LogP) is 5.30. The van der Waals surface area contributed by atoms with Crippen LogP contribution in [-0.2, 0) is 4.79 Å².